The van der Waals surface area contributed by atoms with Crippen LogP contribution in [0.1, 0.15) is 30.7 Å². The molecule has 1 N–H and O–H groups in total. The first-order chi connectivity index (χ1) is 14.5. The van der Waals surface area contributed by atoms with Crippen molar-refractivity contribution < 1.29 is 9.47 Å². The third-order valence-corrected chi connectivity index (χ3v) is 5.98. The Labute approximate surface area is 176 Å². The molecule has 1 aromatic heterocycles. The fourth-order valence-electron chi connectivity index (χ4n) is 4.66. The van der Waals surface area contributed by atoms with Gasteiger partial charge >= 0.3 is 0 Å². The van der Waals surface area contributed by atoms with Crippen LogP contribution in [0, 0.1) is 0 Å². The van der Waals surface area contributed by atoms with Crippen LogP contribution in [0.2, 0.25) is 0 Å². The number of nitrogens with one attached hydrogen (secondary N) is 1. The summed E-state index contributed by atoms with van der Waals surface area (Å²) in [6, 6.07) is 8.11. The smallest absolute Gasteiger partial charge is 0.255 e. The summed E-state index contributed by atoms with van der Waals surface area (Å²) in [5, 5.41) is 0. The molecule has 1 saturated heterocycles. The van der Waals surface area contributed by atoms with Crippen molar-refractivity contribution in [1.82, 2.24) is 14.9 Å². The lowest BCUT2D eigenvalue weighted by molar-refractivity contribution is -0.00576. The van der Waals surface area contributed by atoms with E-state index in [0.717, 1.165) is 55.2 Å². The molecular weight excluding hydrogens is 380 g/mol. The highest BCUT2D eigenvalue weighted by atomic mass is 16.5. The predicted molar refractivity (Wildman–Crippen MR) is 116 cm³/mol. The first kappa shape index (κ1) is 19.3. The largest absolute Gasteiger partial charge is 0.489 e. The standard InChI is InChI=1S/C23H28N4O3/c1-15-10-27(11-16(2)30-15)23-24-20-13-26(8-7-19(20)22(28)25-23)12-17-9-18-5-3-4-6-21(18)29-14-17/h3-6,9,15-16H,7-8,10-14H2,1-2H3,(H,24,25,28)/t15-,16-/m0/s1. The van der Waals surface area contributed by atoms with Gasteiger partial charge in [0, 0.05) is 43.9 Å². The average Bonchev–Trinajstić information content (AvgIpc) is 2.73. The SMILES string of the molecule is C[C@H]1CN(c2nc3c(c(=O)[nH]2)CCN(CC2=Cc4ccccc4OC2)C3)C[C@H](C)O1. The van der Waals surface area contributed by atoms with E-state index >= 15 is 0 Å². The number of aromatic nitrogens is 2. The number of ether oxygens (including phenoxy) is 2. The summed E-state index contributed by atoms with van der Waals surface area (Å²) in [4.78, 5) is 25.1. The molecule has 0 amide bonds. The summed E-state index contributed by atoms with van der Waals surface area (Å²) in [6.07, 6.45) is 3.18. The molecular formula is C23H28N4O3. The highest BCUT2D eigenvalue weighted by Gasteiger charge is 2.27. The monoisotopic (exact) mass is 408 g/mol. The van der Waals surface area contributed by atoms with Crippen LogP contribution < -0.4 is 15.2 Å². The molecule has 7 heteroatoms. The van der Waals surface area contributed by atoms with Gasteiger partial charge in [0.25, 0.3) is 5.56 Å². The predicted octanol–water partition coefficient (Wildman–Crippen LogP) is 2.22. The highest BCUT2D eigenvalue weighted by molar-refractivity contribution is 5.62. The van der Waals surface area contributed by atoms with Crippen molar-refractivity contribution in [2.45, 2.75) is 39.0 Å². The van der Waals surface area contributed by atoms with Crippen LogP contribution in [0.4, 0.5) is 5.95 Å². The molecule has 30 heavy (non-hydrogen) atoms. The molecule has 1 fully saturated rings. The fourth-order valence-corrected chi connectivity index (χ4v) is 4.66. The lowest BCUT2D eigenvalue weighted by Gasteiger charge is -2.36. The second-order valence-corrected chi connectivity index (χ2v) is 8.57. The van der Waals surface area contributed by atoms with Gasteiger partial charge in [-0.05, 0) is 38.0 Å². The molecule has 158 valence electrons. The minimum Gasteiger partial charge on any atom is -0.489 e. The summed E-state index contributed by atoms with van der Waals surface area (Å²) in [6.45, 7) is 8.54. The molecule has 3 aliphatic rings. The van der Waals surface area contributed by atoms with Crippen molar-refractivity contribution in [3.8, 4) is 5.75 Å². The van der Waals surface area contributed by atoms with E-state index in [0.29, 0.717) is 19.1 Å². The van der Waals surface area contributed by atoms with Crippen molar-refractivity contribution in [3.63, 3.8) is 0 Å². The van der Waals surface area contributed by atoms with Gasteiger partial charge in [0.05, 0.1) is 17.9 Å². The molecule has 2 aromatic rings. The maximum atomic E-state index is 12.7. The van der Waals surface area contributed by atoms with Gasteiger partial charge in [0.2, 0.25) is 5.95 Å². The van der Waals surface area contributed by atoms with Gasteiger partial charge in [-0.1, -0.05) is 18.2 Å². The van der Waals surface area contributed by atoms with E-state index in [4.69, 9.17) is 14.5 Å². The topological polar surface area (TPSA) is 70.7 Å². The number of aromatic amines is 1. The molecule has 5 rings (SSSR count). The van der Waals surface area contributed by atoms with Gasteiger partial charge in [0.1, 0.15) is 12.4 Å². The zero-order chi connectivity index (χ0) is 20.7. The summed E-state index contributed by atoms with van der Waals surface area (Å²) >= 11 is 0. The van der Waals surface area contributed by atoms with E-state index in [2.05, 4.69) is 40.8 Å². The molecule has 0 aliphatic carbocycles. The van der Waals surface area contributed by atoms with Crippen LogP contribution in [-0.4, -0.2) is 59.9 Å². The maximum Gasteiger partial charge on any atom is 0.255 e. The van der Waals surface area contributed by atoms with Crippen molar-refractivity contribution >= 4 is 12.0 Å². The van der Waals surface area contributed by atoms with Gasteiger partial charge in [-0.25, -0.2) is 4.98 Å². The normalized spacial score (nSPS) is 23.9. The lowest BCUT2D eigenvalue weighted by Crippen LogP contribution is -2.47. The molecule has 0 saturated carbocycles. The molecule has 0 radical (unpaired) electrons. The molecule has 7 nitrogen and oxygen atoms in total. The number of anilines is 1. The number of para-hydroxylation sites is 1. The Kier molecular flexibility index (Phi) is 5.08. The van der Waals surface area contributed by atoms with Gasteiger partial charge < -0.3 is 14.4 Å². The zero-order valence-corrected chi connectivity index (χ0v) is 17.6. The highest BCUT2D eigenvalue weighted by Crippen LogP contribution is 2.27. The first-order valence-corrected chi connectivity index (χ1v) is 10.7. The zero-order valence-electron chi connectivity index (χ0n) is 17.6. The van der Waals surface area contributed by atoms with E-state index in [1.807, 2.05) is 18.2 Å². The Hall–Kier alpha value is -2.64. The van der Waals surface area contributed by atoms with Crippen LogP contribution in [0.3, 0.4) is 0 Å². The number of benzene rings is 1. The second kappa shape index (κ2) is 7.89. The van der Waals surface area contributed by atoms with E-state index < -0.39 is 0 Å². The summed E-state index contributed by atoms with van der Waals surface area (Å²) in [7, 11) is 0. The van der Waals surface area contributed by atoms with E-state index in [9.17, 15) is 4.79 Å². The quantitative estimate of drug-likeness (QED) is 0.840. The summed E-state index contributed by atoms with van der Waals surface area (Å²) in [5.41, 5.74) is 4.09. The van der Waals surface area contributed by atoms with Crippen molar-refractivity contribution in [2.24, 2.45) is 0 Å². The van der Waals surface area contributed by atoms with Gasteiger partial charge in [-0.2, -0.15) is 0 Å². The number of hydrogen-bond donors (Lipinski definition) is 1. The third-order valence-electron chi connectivity index (χ3n) is 5.98. The van der Waals surface area contributed by atoms with E-state index in [-0.39, 0.29) is 17.8 Å². The van der Waals surface area contributed by atoms with Crippen LogP contribution in [-0.2, 0) is 17.7 Å². The molecule has 2 atom stereocenters. The molecule has 0 spiro atoms. The Balaban J connectivity index is 1.34. The number of morpholine rings is 1. The summed E-state index contributed by atoms with van der Waals surface area (Å²) in [5.74, 6) is 1.61. The minimum absolute atomic E-state index is 0.00408. The fraction of sp³-hybridized carbons (Fsp3) is 0.478. The van der Waals surface area contributed by atoms with E-state index in [1.54, 1.807) is 0 Å². The van der Waals surface area contributed by atoms with Crippen LogP contribution in [0.5, 0.6) is 5.75 Å². The molecule has 1 aromatic carbocycles. The maximum absolute atomic E-state index is 12.7. The lowest BCUT2D eigenvalue weighted by atomic mass is 10.0. The van der Waals surface area contributed by atoms with Gasteiger partial charge in [-0.15, -0.1) is 0 Å². The molecule has 4 heterocycles. The second-order valence-electron chi connectivity index (χ2n) is 8.57. The third kappa shape index (κ3) is 3.87. The Morgan fingerprint density at radius 3 is 2.83 bits per heavy atom. The van der Waals surface area contributed by atoms with Crippen molar-refractivity contribution in [3.05, 3.63) is 57.0 Å². The Morgan fingerprint density at radius 1 is 1.20 bits per heavy atom. The number of rotatable bonds is 3. The number of hydrogen-bond acceptors (Lipinski definition) is 6. The molecule has 0 unspecified atom stereocenters. The summed E-state index contributed by atoms with van der Waals surface area (Å²) < 4.78 is 11.7. The van der Waals surface area contributed by atoms with Crippen LogP contribution in [0.15, 0.2) is 34.6 Å². The minimum atomic E-state index is -0.00408. The van der Waals surface area contributed by atoms with Crippen LogP contribution in [0.25, 0.3) is 6.08 Å². The van der Waals surface area contributed by atoms with Crippen LogP contribution >= 0.6 is 0 Å². The average molecular weight is 409 g/mol. The first-order valence-electron chi connectivity index (χ1n) is 10.7. The Bertz CT molecular complexity index is 1020. The number of H-pyrrole nitrogens is 1. The van der Waals surface area contributed by atoms with Gasteiger partial charge in [-0.3, -0.25) is 14.7 Å². The Morgan fingerprint density at radius 2 is 2.00 bits per heavy atom. The van der Waals surface area contributed by atoms with Crippen molar-refractivity contribution in [2.75, 3.05) is 37.7 Å². The molecule has 0 bridgehead atoms. The van der Waals surface area contributed by atoms with Gasteiger partial charge in [0.15, 0.2) is 0 Å². The molecule has 3 aliphatic heterocycles. The number of nitrogens with zero attached hydrogens (tertiary/aromatic N) is 3. The van der Waals surface area contributed by atoms with Crippen molar-refractivity contribution in [1.29, 1.82) is 0 Å². The number of fused-ring (bicyclic) bond motifs is 2. The van der Waals surface area contributed by atoms with E-state index in [1.165, 1.54) is 5.57 Å².